The maximum Gasteiger partial charge on any atom is 0.243 e. The van der Waals surface area contributed by atoms with Crippen molar-refractivity contribution in [3.63, 3.8) is 0 Å². The van der Waals surface area contributed by atoms with E-state index in [4.69, 9.17) is 10.00 Å². The molecule has 0 aliphatic rings. The number of rotatable bonds is 11. The van der Waals surface area contributed by atoms with Gasteiger partial charge in [0.2, 0.25) is 15.9 Å². The Hall–Kier alpha value is -2.54. The van der Waals surface area contributed by atoms with Crippen molar-refractivity contribution >= 4 is 33.4 Å². The summed E-state index contributed by atoms with van der Waals surface area (Å²) in [4.78, 5) is 12.5. The Labute approximate surface area is 201 Å². The number of amides is 1. The highest BCUT2D eigenvalue weighted by molar-refractivity contribution is 8.00. The highest BCUT2D eigenvalue weighted by Crippen LogP contribution is 2.36. The lowest BCUT2D eigenvalue weighted by molar-refractivity contribution is -0.113. The van der Waals surface area contributed by atoms with Gasteiger partial charge in [0.25, 0.3) is 0 Å². The number of nitrogens with zero attached hydrogens (tertiary/aromatic N) is 2. The van der Waals surface area contributed by atoms with Crippen molar-refractivity contribution in [2.24, 2.45) is 0 Å². The molecule has 7 nitrogen and oxygen atoms in total. The van der Waals surface area contributed by atoms with Crippen molar-refractivity contribution in [2.75, 3.05) is 29.9 Å². The highest BCUT2D eigenvalue weighted by Gasteiger charge is 2.24. The molecule has 0 fully saturated rings. The number of anilines is 1. The molecule has 0 saturated carbocycles. The molecule has 0 atom stereocenters. The number of nitrogens with one attached hydrogen (secondary N) is 1. The van der Waals surface area contributed by atoms with Crippen LogP contribution in [0, 0.1) is 18.3 Å². The molecule has 0 unspecified atom stereocenters. The van der Waals surface area contributed by atoms with E-state index >= 15 is 0 Å². The van der Waals surface area contributed by atoms with E-state index in [9.17, 15) is 13.2 Å². The van der Waals surface area contributed by atoms with Crippen molar-refractivity contribution < 1.29 is 17.9 Å². The van der Waals surface area contributed by atoms with Crippen LogP contribution in [0.1, 0.15) is 44.7 Å². The van der Waals surface area contributed by atoms with Crippen LogP contribution in [0.4, 0.5) is 5.69 Å². The van der Waals surface area contributed by atoms with E-state index in [1.165, 1.54) is 28.2 Å². The second-order valence-corrected chi connectivity index (χ2v) is 10.7. The van der Waals surface area contributed by atoms with Crippen LogP contribution in [-0.4, -0.2) is 43.2 Å². The van der Waals surface area contributed by atoms with Gasteiger partial charge in [-0.05, 0) is 48.2 Å². The third kappa shape index (κ3) is 6.97. The van der Waals surface area contributed by atoms with Crippen LogP contribution >= 0.6 is 11.8 Å². The molecule has 0 spiro atoms. The molecule has 178 valence electrons. The molecule has 0 aromatic heterocycles. The molecule has 1 amide bonds. The maximum absolute atomic E-state index is 13.0. The minimum absolute atomic E-state index is 0.0711. The number of hydrogen-bond acceptors (Lipinski definition) is 6. The number of sulfonamides is 1. The van der Waals surface area contributed by atoms with Crippen molar-refractivity contribution in [1.82, 2.24) is 4.31 Å². The zero-order valence-corrected chi connectivity index (χ0v) is 21.3. The predicted octanol–water partition coefficient (Wildman–Crippen LogP) is 5.14. The fourth-order valence-corrected chi connectivity index (χ4v) is 5.21. The lowest BCUT2D eigenvalue weighted by Crippen LogP contribution is -2.30. The van der Waals surface area contributed by atoms with E-state index in [0.717, 1.165) is 11.1 Å². The van der Waals surface area contributed by atoms with Crippen molar-refractivity contribution in [1.29, 1.82) is 5.26 Å². The molecule has 1 N–H and O–H groups in total. The summed E-state index contributed by atoms with van der Waals surface area (Å²) in [5, 5.41) is 11.5. The number of carbonyl (C=O) groups excluding carboxylic acids is 1. The van der Waals surface area contributed by atoms with Gasteiger partial charge in [-0.25, -0.2) is 8.42 Å². The van der Waals surface area contributed by atoms with Crippen LogP contribution in [0.25, 0.3) is 0 Å². The van der Waals surface area contributed by atoms with Crippen LogP contribution in [0.5, 0.6) is 11.5 Å². The van der Waals surface area contributed by atoms with Gasteiger partial charge in [-0.15, -0.1) is 11.8 Å². The van der Waals surface area contributed by atoms with Gasteiger partial charge in [0.05, 0.1) is 28.2 Å². The average molecular weight is 490 g/mol. The first-order chi connectivity index (χ1) is 15.6. The SMILES string of the molecule is CCN(CC)S(=O)(=O)c1ccc(Oc2cc(C)ccc2C(C)C)c(NC(=O)CSCC#N)c1. The fourth-order valence-electron chi connectivity index (χ4n) is 3.27. The predicted molar refractivity (Wildman–Crippen MR) is 133 cm³/mol. The van der Waals surface area contributed by atoms with Crippen LogP contribution in [0.2, 0.25) is 0 Å². The maximum atomic E-state index is 13.0. The summed E-state index contributed by atoms with van der Waals surface area (Å²) in [7, 11) is -3.72. The Morgan fingerprint density at radius 2 is 1.85 bits per heavy atom. The van der Waals surface area contributed by atoms with E-state index in [1.807, 2.05) is 31.2 Å². The first-order valence-electron chi connectivity index (χ1n) is 10.8. The topological polar surface area (TPSA) is 99.5 Å². The summed E-state index contributed by atoms with van der Waals surface area (Å²) in [5.41, 5.74) is 2.29. The van der Waals surface area contributed by atoms with Crippen molar-refractivity contribution in [3.05, 3.63) is 47.5 Å². The van der Waals surface area contributed by atoms with Gasteiger partial charge < -0.3 is 10.1 Å². The summed E-state index contributed by atoms with van der Waals surface area (Å²) in [6.07, 6.45) is 0. The minimum Gasteiger partial charge on any atom is -0.455 e. The van der Waals surface area contributed by atoms with E-state index in [0.29, 0.717) is 24.6 Å². The van der Waals surface area contributed by atoms with Crippen LogP contribution < -0.4 is 10.1 Å². The average Bonchev–Trinajstić information content (AvgIpc) is 2.75. The molecule has 0 bridgehead atoms. The minimum atomic E-state index is -3.72. The first-order valence-corrected chi connectivity index (χ1v) is 13.4. The Morgan fingerprint density at radius 3 is 2.45 bits per heavy atom. The second-order valence-electron chi connectivity index (χ2n) is 7.74. The van der Waals surface area contributed by atoms with Gasteiger partial charge in [0, 0.05) is 13.1 Å². The molecule has 0 aliphatic carbocycles. The molecule has 33 heavy (non-hydrogen) atoms. The van der Waals surface area contributed by atoms with Crippen molar-refractivity contribution in [2.45, 2.75) is 45.4 Å². The summed E-state index contributed by atoms with van der Waals surface area (Å²) >= 11 is 1.18. The molecule has 0 aliphatic heterocycles. The number of aryl methyl sites for hydroxylation is 1. The third-order valence-electron chi connectivity index (χ3n) is 4.98. The zero-order chi connectivity index (χ0) is 24.6. The molecule has 2 aromatic carbocycles. The van der Waals surface area contributed by atoms with Crippen LogP contribution in [-0.2, 0) is 14.8 Å². The molecule has 0 heterocycles. The number of ether oxygens (including phenoxy) is 1. The largest absolute Gasteiger partial charge is 0.455 e. The Kier molecular flexibility index (Phi) is 9.77. The normalized spacial score (nSPS) is 11.5. The van der Waals surface area contributed by atoms with E-state index in [-0.39, 0.29) is 33.9 Å². The fraction of sp³-hybridized carbons (Fsp3) is 0.417. The lowest BCUT2D eigenvalue weighted by Gasteiger charge is -2.21. The van der Waals surface area contributed by atoms with E-state index in [1.54, 1.807) is 19.9 Å². The van der Waals surface area contributed by atoms with Gasteiger partial charge in [-0.1, -0.05) is 39.8 Å². The number of thioether (sulfide) groups is 1. The van der Waals surface area contributed by atoms with Gasteiger partial charge in [-0.2, -0.15) is 9.57 Å². The standard InChI is InChI=1S/C24H31N3O4S2/c1-6-27(7-2)33(29,30)19-9-11-22(21(15-19)26-24(28)16-32-13-12-25)31-23-14-18(5)8-10-20(23)17(3)4/h8-11,14-15,17H,6-7,13,16H2,1-5H3,(H,26,28). The molecule has 2 aromatic rings. The summed E-state index contributed by atoms with van der Waals surface area (Å²) < 4.78 is 33.6. The molecule has 2 rings (SSSR count). The number of carbonyl (C=O) groups is 1. The summed E-state index contributed by atoms with van der Waals surface area (Å²) in [6, 6.07) is 12.4. The highest BCUT2D eigenvalue weighted by atomic mass is 32.2. The lowest BCUT2D eigenvalue weighted by atomic mass is 10.0. The van der Waals surface area contributed by atoms with Gasteiger partial charge in [0.1, 0.15) is 5.75 Å². The monoisotopic (exact) mass is 489 g/mol. The molecular formula is C24H31N3O4S2. The van der Waals surface area contributed by atoms with Crippen LogP contribution in [0.3, 0.4) is 0 Å². The van der Waals surface area contributed by atoms with Crippen molar-refractivity contribution in [3.8, 4) is 17.6 Å². The summed E-state index contributed by atoms with van der Waals surface area (Å²) in [5.74, 6) is 1.13. The zero-order valence-electron chi connectivity index (χ0n) is 19.7. The molecule has 9 heteroatoms. The van der Waals surface area contributed by atoms with E-state index < -0.39 is 10.0 Å². The number of benzene rings is 2. The smallest absolute Gasteiger partial charge is 0.243 e. The molecule has 0 radical (unpaired) electrons. The van der Waals surface area contributed by atoms with Gasteiger partial charge in [-0.3, -0.25) is 4.79 Å². The number of hydrogen-bond donors (Lipinski definition) is 1. The Bertz CT molecular complexity index is 1120. The van der Waals surface area contributed by atoms with Gasteiger partial charge in [0.15, 0.2) is 5.75 Å². The molecular weight excluding hydrogens is 458 g/mol. The first kappa shape index (κ1) is 26.7. The van der Waals surface area contributed by atoms with Crippen LogP contribution in [0.15, 0.2) is 41.3 Å². The Balaban J connectivity index is 2.51. The Morgan fingerprint density at radius 1 is 1.15 bits per heavy atom. The molecule has 0 saturated heterocycles. The van der Waals surface area contributed by atoms with E-state index in [2.05, 4.69) is 19.2 Å². The number of nitriles is 1. The summed E-state index contributed by atoms with van der Waals surface area (Å²) in [6.45, 7) is 10.3. The second kappa shape index (κ2) is 12.1. The third-order valence-corrected chi connectivity index (χ3v) is 7.82. The van der Waals surface area contributed by atoms with Gasteiger partial charge >= 0.3 is 0 Å². The quantitative estimate of drug-likeness (QED) is 0.439.